The average Bonchev–Trinajstić information content (AvgIpc) is 2.09. The molecule has 2 aliphatic heterocycles. The SMILES string of the molecule is IN1CC2NCCC21. The van der Waals surface area contributed by atoms with Crippen molar-refractivity contribution in [3.8, 4) is 0 Å². The van der Waals surface area contributed by atoms with E-state index in [0.717, 1.165) is 12.1 Å². The highest BCUT2D eigenvalue weighted by atomic mass is 127. The zero-order chi connectivity index (χ0) is 5.56. The molecule has 0 aliphatic carbocycles. The van der Waals surface area contributed by atoms with Crippen LogP contribution in [0.15, 0.2) is 0 Å². The third-order valence-corrected chi connectivity index (χ3v) is 3.15. The second kappa shape index (κ2) is 1.82. The third kappa shape index (κ3) is 0.610. The molecule has 0 aromatic rings. The number of hydrogen-bond acceptors (Lipinski definition) is 2. The Hall–Kier alpha value is 0.650. The molecule has 2 saturated heterocycles. The van der Waals surface area contributed by atoms with E-state index in [0.29, 0.717) is 0 Å². The first-order valence-corrected chi connectivity index (χ1v) is 4.00. The maximum absolute atomic E-state index is 3.44. The average molecular weight is 224 g/mol. The predicted molar refractivity (Wildman–Crippen MR) is 40.9 cm³/mol. The van der Waals surface area contributed by atoms with Crippen molar-refractivity contribution in [2.45, 2.75) is 18.5 Å². The van der Waals surface area contributed by atoms with Gasteiger partial charge in [0.15, 0.2) is 0 Å². The van der Waals surface area contributed by atoms with Crippen molar-refractivity contribution in [2.75, 3.05) is 13.1 Å². The molecule has 2 atom stereocenters. The summed E-state index contributed by atoms with van der Waals surface area (Å²) in [5, 5.41) is 3.44. The van der Waals surface area contributed by atoms with Crippen LogP contribution in [-0.4, -0.2) is 28.3 Å². The van der Waals surface area contributed by atoms with Gasteiger partial charge in [0.2, 0.25) is 0 Å². The van der Waals surface area contributed by atoms with Crippen molar-refractivity contribution >= 4 is 22.9 Å². The summed E-state index contributed by atoms with van der Waals surface area (Å²) in [6.07, 6.45) is 1.35. The highest BCUT2D eigenvalue weighted by Crippen LogP contribution is 2.28. The van der Waals surface area contributed by atoms with Crippen molar-refractivity contribution in [3.05, 3.63) is 0 Å². The smallest absolute Gasteiger partial charge is 0.0373 e. The fourth-order valence-corrected chi connectivity index (χ4v) is 2.55. The lowest BCUT2D eigenvalue weighted by Crippen LogP contribution is -2.55. The second-order valence-electron chi connectivity index (χ2n) is 2.50. The van der Waals surface area contributed by atoms with Crippen LogP contribution in [0.4, 0.5) is 0 Å². The van der Waals surface area contributed by atoms with Gasteiger partial charge in [-0.1, -0.05) is 0 Å². The molecule has 0 amide bonds. The Morgan fingerprint density at radius 2 is 2.50 bits per heavy atom. The molecule has 0 aromatic carbocycles. The van der Waals surface area contributed by atoms with Gasteiger partial charge >= 0.3 is 0 Å². The van der Waals surface area contributed by atoms with Crippen LogP contribution >= 0.6 is 22.9 Å². The van der Waals surface area contributed by atoms with Gasteiger partial charge in [0.1, 0.15) is 0 Å². The van der Waals surface area contributed by atoms with Crippen molar-refractivity contribution in [2.24, 2.45) is 0 Å². The normalized spacial score (nSPS) is 46.1. The first kappa shape index (κ1) is 5.44. The fraction of sp³-hybridized carbons (Fsp3) is 1.00. The lowest BCUT2D eigenvalue weighted by Gasteiger charge is -2.38. The largest absolute Gasteiger partial charge is 0.311 e. The summed E-state index contributed by atoms with van der Waals surface area (Å²) in [6.45, 7) is 2.49. The quantitative estimate of drug-likeness (QED) is 0.472. The van der Waals surface area contributed by atoms with E-state index in [9.17, 15) is 0 Å². The van der Waals surface area contributed by atoms with E-state index in [4.69, 9.17) is 0 Å². The Morgan fingerprint density at radius 3 is 3.00 bits per heavy atom. The predicted octanol–water partition coefficient (Wildman–Crippen LogP) is 0.383. The van der Waals surface area contributed by atoms with Gasteiger partial charge in [-0.05, 0) is 13.0 Å². The molecule has 0 saturated carbocycles. The first-order valence-electron chi connectivity index (χ1n) is 3.04. The van der Waals surface area contributed by atoms with Gasteiger partial charge in [-0.25, -0.2) is 3.11 Å². The van der Waals surface area contributed by atoms with E-state index in [1.54, 1.807) is 0 Å². The molecule has 0 aromatic heterocycles. The minimum absolute atomic E-state index is 0.840. The Morgan fingerprint density at radius 1 is 1.62 bits per heavy atom. The second-order valence-corrected chi connectivity index (χ2v) is 3.74. The Bertz CT molecular complexity index is 107. The van der Waals surface area contributed by atoms with Gasteiger partial charge in [0.05, 0.1) is 0 Å². The molecule has 2 fully saturated rings. The van der Waals surface area contributed by atoms with Crippen LogP contribution in [0, 0.1) is 0 Å². The topological polar surface area (TPSA) is 15.3 Å². The summed E-state index contributed by atoms with van der Waals surface area (Å²) < 4.78 is 2.39. The molecular formula is C5H9IN2. The minimum Gasteiger partial charge on any atom is -0.311 e. The van der Waals surface area contributed by atoms with Crippen LogP contribution in [0.5, 0.6) is 0 Å². The van der Waals surface area contributed by atoms with E-state index < -0.39 is 0 Å². The number of rotatable bonds is 0. The van der Waals surface area contributed by atoms with Crippen molar-refractivity contribution in [3.63, 3.8) is 0 Å². The Balaban J connectivity index is 2.02. The lowest BCUT2D eigenvalue weighted by atomic mass is 10.0. The molecule has 8 heavy (non-hydrogen) atoms. The number of fused-ring (bicyclic) bond motifs is 1. The first-order chi connectivity index (χ1) is 3.88. The standard InChI is InChI=1S/C5H9IN2/c6-8-3-4-5(8)1-2-7-4/h4-5,7H,1-3H2. The summed E-state index contributed by atoms with van der Waals surface area (Å²) in [5.41, 5.74) is 0. The molecule has 1 N–H and O–H groups in total. The summed E-state index contributed by atoms with van der Waals surface area (Å²) in [6, 6.07) is 1.71. The van der Waals surface area contributed by atoms with Gasteiger partial charge in [-0.3, -0.25) is 0 Å². The molecule has 2 nitrogen and oxygen atoms in total. The number of nitrogens with one attached hydrogen (secondary N) is 1. The van der Waals surface area contributed by atoms with Crippen molar-refractivity contribution < 1.29 is 0 Å². The summed E-state index contributed by atoms with van der Waals surface area (Å²) in [7, 11) is 0. The van der Waals surface area contributed by atoms with Crippen LogP contribution in [0.1, 0.15) is 6.42 Å². The number of hydrogen-bond donors (Lipinski definition) is 1. The molecule has 0 radical (unpaired) electrons. The van der Waals surface area contributed by atoms with Gasteiger partial charge in [-0.2, -0.15) is 0 Å². The zero-order valence-corrected chi connectivity index (χ0v) is 6.76. The molecule has 2 rings (SSSR count). The molecule has 0 spiro atoms. The monoisotopic (exact) mass is 224 g/mol. The fourth-order valence-electron chi connectivity index (χ4n) is 1.46. The Labute approximate surface area is 63.1 Å². The van der Waals surface area contributed by atoms with E-state index in [-0.39, 0.29) is 0 Å². The summed E-state index contributed by atoms with van der Waals surface area (Å²) in [4.78, 5) is 0. The molecule has 2 heterocycles. The van der Waals surface area contributed by atoms with E-state index >= 15 is 0 Å². The van der Waals surface area contributed by atoms with Gasteiger partial charge in [-0.15, -0.1) is 0 Å². The van der Waals surface area contributed by atoms with Gasteiger partial charge < -0.3 is 5.32 Å². The van der Waals surface area contributed by atoms with Crippen LogP contribution in [-0.2, 0) is 0 Å². The van der Waals surface area contributed by atoms with Crippen molar-refractivity contribution in [1.29, 1.82) is 0 Å². The Kier molecular flexibility index (Phi) is 1.23. The number of nitrogens with zero attached hydrogens (tertiary/aromatic N) is 1. The molecular weight excluding hydrogens is 215 g/mol. The lowest BCUT2D eigenvalue weighted by molar-refractivity contribution is 0.216. The van der Waals surface area contributed by atoms with Crippen LogP contribution in [0.2, 0.25) is 0 Å². The van der Waals surface area contributed by atoms with Crippen molar-refractivity contribution in [1.82, 2.24) is 8.43 Å². The van der Waals surface area contributed by atoms with Crippen LogP contribution < -0.4 is 5.32 Å². The zero-order valence-electron chi connectivity index (χ0n) is 4.60. The van der Waals surface area contributed by atoms with Gasteiger partial charge in [0, 0.05) is 41.5 Å². The molecule has 2 aliphatic rings. The minimum atomic E-state index is 0.840. The molecule has 46 valence electrons. The highest BCUT2D eigenvalue weighted by molar-refractivity contribution is 14.1. The molecule has 2 unspecified atom stereocenters. The van der Waals surface area contributed by atoms with E-state index in [1.165, 1.54) is 19.5 Å². The highest BCUT2D eigenvalue weighted by Gasteiger charge is 2.40. The summed E-state index contributed by atoms with van der Waals surface area (Å²) in [5.74, 6) is 0. The third-order valence-electron chi connectivity index (χ3n) is 2.04. The van der Waals surface area contributed by atoms with Crippen LogP contribution in [0.3, 0.4) is 0 Å². The van der Waals surface area contributed by atoms with Gasteiger partial charge in [0.25, 0.3) is 0 Å². The van der Waals surface area contributed by atoms with E-state index in [2.05, 4.69) is 31.3 Å². The molecule has 0 bridgehead atoms. The van der Waals surface area contributed by atoms with Crippen LogP contribution in [0.25, 0.3) is 0 Å². The molecule has 3 heteroatoms. The summed E-state index contributed by atoms with van der Waals surface area (Å²) >= 11 is 2.40. The van der Waals surface area contributed by atoms with E-state index in [1.807, 2.05) is 0 Å². The maximum atomic E-state index is 3.44. The maximum Gasteiger partial charge on any atom is 0.0373 e. The number of halogens is 1.